The van der Waals surface area contributed by atoms with E-state index in [1.165, 1.54) is 0 Å². The zero-order chi connectivity index (χ0) is 11.4. The molecule has 0 unspecified atom stereocenters. The first-order chi connectivity index (χ1) is 7.77. The molecule has 90 valence electrons. The molecule has 2 N–H and O–H groups in total. The fourth-order valence-electron chi connectivity index (χ4n) is 1.81. The van der Waals surface area contributed by atoms with Crippen LogP contribution in [0.25, 0.3) is 0 Å². The van der Waals surface area contributed by atoms with Gasteiger partial charge in [-0.3, -0.25) is 14.6 Å². The van der Waals surface area contributed by atoms with E-state index >= 15 is 0 Å². The van der Waals surface area contributed by atoms with Crippen LogP contribution in [-0.2, 0) is 11.3 Å². The second kappa shape index (κ2) is 5.42. The second-order valence-electron chi connectivity index (χ2n) is 3.82. The molecule has 1 saturated heterocycles. The maximum absolute atomic E-state index is 11.3. The van der Waals surface area contributed by atoms with Crippen molar-refractivity contribution in [2.45, 2.75) is 13.0 Å². The highest BCUT2D eigenvalue weighted by Gasteiger charge is 2.09. The zero-order valence-electron chi connectivity index (χ0n) is 9.07. The maximum atomic E-state index is 11.3. The van der Waals surface area contributed by atoms with Crippen LogP contribution in [0.1, 0.15) is 6.42 Å². The number of nitrogens with zero attached hydrogens (tertiary/aromatic N) is 2. The highest BCUT2D eigenvalue weighted by molar-refractivity contribution is 7.71. The molecular weight excluding hydrogens is 228 g/mol. The van der Waals surface area contributed by atoms with Crippen LogP contribution in [-0.4, -0.2) is 52.5 Å². The van der Waals surface area contributed by atoms with Crippen LogP contribution < -0.4 is 5.69 Å². The number of aromatic nitrogens is 3. The van der Waals surface area contributed by atoms with Crippen molar-refractivity contribution in [2.24, 2.45) is 0 Å². The number of nitrogens with one attached hydrogen (secondary N) is 2. The van der Waals surface area contributed by atoms with Gasteiger partial charge in [0, 0.05) is 26.2 Å². The SMILES string of the molecule is O=c1[nH][nH]c(=S)n1CCCN1CCOCC1. The summed E-state index contributed by atoms with van der Waals surface area (Å²) in [5.74, 6) is 0. The topological polar surface area (TPSA) is 66.0 Å². The Balaban J connectivity index is 1.79. The Labute approximate surface area is 98.2 Å². The van der Waals surface area contributed by atoms with E-state index in [4.69, 9.17) is 17.0 Å². The lowest BCUT2D eigenvalue weighted by atomic mass is 10.3. The lowest BCUT2D eigenvalue weighted by Gasteiger charge is -2.26. The van der Waals surface area contributed by atoms with Gasteiger partial charge in [-0.2, -0.15) is 0 Å². The number of hydrogen-bond acceptors (Lipinski definition) is 4. The van der Waals surface area contributed by atoms with E-state index in [1.807, 2.05) is 0 Å². The van der Waals surface area contributed by atoms with Gasteiger partial charge in [0.2, 0.25) is 0 Å². The van der Waals surface area contributed by atoms with E-state index in [0.29, 0.717) is 11.3 Å². The number of aromatic amines is 2. The van der Waals surface area contributed by atoms with Gasteiger partial charge in [-0.1, -0.05) is 0 Å². The molecule has 1 aliphatic heterocycles. The van der Waals surface area contributed by atoms with Crippen LogP contribution in [0.4, 0.5) is 0 Å². The lowest BCUT2D eigenvalue weighted by molar-refractivity contribution is 0.0369. The van der Waals surface area contributed by atoms with Crippen molar-refractivity contribution in [3.05, 3.63) is 15.3 Å². The van der Waals surface area contributed by atoms with Crippen LogP contribution in [0.3, 0.4) is 0 Å². The summed E-state index contributed by atoms with van der Waals surface area (Å²) < 4.78 is 7.28. The highest BCUT2D eigenvalue weighted by Crippen LogP contribution is 1.98. The summed E-state index contributed by atoms with van der Waals surface area (Å²) in [6, 6.07) is 0. The third-order valence-corrected chi connectivity index (χ3v) is 3.05. The molecule has 1 aromatic rings. The van der Waals surface area contributed by atoms with E-state index in [2.05, 4.69) is 15.1 Å². The average Bonchev–Trinajstić information content (AvgIpc) is 2.62. The summed E-state index contributed by atoms with van der Waals surface area (Å²) in [5.41, 5.74) is -0.160. The third-order valence-electron chi connectivity index (χ3n) is 2.73. The van der Waals surface area contributed by atoms with E-state index in [0.717, 1.165) is 39.3 Å². The Morgan fingerprint density at radius 3 is 2.62 bits per heavy atom. The molecule has 0 aromatic carbocycles. The predicted molar refractivity (Wildman–Crippen MR) is 62.1 cm³/mol. The summed E-state index contributed by atoms with van der Waals surface area (Å²) in [5, 5.41) is 5.10. The first kappa shape index (κ1) is 11.6. The standard InChI is InChI=1S/C9H16N4O2S/c14-8-10-11-9(16)13(8)3-1-2-12-4-6-15-7-5-12/h1-7H2,(H,10,14)(H,11,16). The smallest absolute Gasteiger partial charge is 0.342 e. The van der Waals surface area contributed by atoms with Crippen molar-refractivity contribution in [2.75, 3.05) is 32.8 Å². The van der Waals surface area contributed by atoms with Gasteiger partial charge in [-0.25, -0.2) is 9.89 Å². The largest absolute Gasteiger partial charge is 0.379 e. The van der Waals surface area contributed by atoms with Crippen molar-refractivity contribution in [3.63, 3.8) is 0 Å². The normalized spacial score (nSPS) is 17.8. The quantitative estimate of drug-likeness (QED) is 0.729. The minimum atomic E-state index is -0.160. The number of hydrogen-bond donors (Lipinski definition) is 2. The Hall–Kier alpha value is -0.920. The first-order valence-electron chi connectivity index (χ1n) is 5.45. The number of H-pyrrole nitrogens is 2. The maximum Gasteiger partial charge on any atom is 0.342 e. The second-order valence-corrected chi connectivity index (χ2v) is 4.21. The molecule has 0 aliphatic carbocycles. The zero-order valence-corrected chi connectivity index (χ0v) is 9.89. The molecule has 0 saturated carbocycles. The number of rotatable bonds is 4. The average molecular weight is 244 g/mol. The van der Waals surface area contributed by atoms with Crippen LogP contribution in [0, 0.1) is 4.77 Å². The van der Waals surface area contributed by atoms with Gasteiger partial charge in [-0.05, 0) is 18.6 Å². The molecule has 16 heavy (non-hydrogen) atoms. The molecule has 1 aromatic heterocycles. The fraction of sp³-hybridized carbons (Fsp3) is 0.778. The molecule has 0 bridgehead atoms. The molecule has 1 fully saturated rings. The molecular formula is C9H16N4O2S. The van der Waals surface area contributed by atoms with Gasteiger partial charge >= 0.3 is 5.69 Å². The summed E-state index contributed by atoms with van der Waals surface area (Å²) >= 11 is 4.99. The Bertz CT molecular complexity index is 402. The minimum Gasteiger partial charge on any atom is -0.379 e. The van der Waals surface area contributed by atoms with Crippen molar-refractivity contribution in [3.8, 4) is 0 Å². The van der Waals surface area contributed by atoms with Crippen molar-refractivity contribution < 1.29 is 4.74 Å². The summed E-state index contributed by atoms with van der Waals surface area (Å²) in [7, 11) is 0. The summed E-state index contributed by atoms with van der Waals surface area (Å²) in [4.78, 5) is 13.6. The first-order valence-corrected chi connectivity index (χ1v) is 5.86. The van der Waals surface area contributed by atoms with Gasteiger partial charge in [0.15, 0.2) is 4.77 Å². The van der Waals surface area contributed by atoms with Crippen molar-refractivity contribution in [1.82, 2.24) is 19.7 Å². The molecule has 0 atom stereocenters. The van der Waals surface area contributed by atoms with Gasteiger partial charge in [-0.15, -0.1) is 0 Å². The van der Waals surface area contributed by atoms with Gasteiger partial charge < -0.3 is 4.74 Å². The third kappa shape index (κ3) is 2.81. The number of morpholine rings is 1. The van der Waals surface area contributed by atoms with E-state index in [9.17, 15) is 4.79 Å². The lowest BCUT2D eigenvalue weighted by Crippen LogP contribution is -2.37. The Kier molecular flexibility index (Phi) is 3.92. The van der Waals surface area contributed by atoms with Crippen LogP contribution in [0.15, 0.2) is 4.79 Å². The Morgan fingerprint density at radius 1 is 1.25 bits per heavy atom. The predicted octanol–water partition coefficient (Wildman–Crippen LogP) is -0.0437. The van der Waals surface area contributed by atoms with Crippen LogP contribution in [0.5, 0.6) is 0 Å². The fourth-order valence-corrected chi connectivity index (χ4v) is 2.04. The van der Waals surface area contributed by atoms with Crippen molar-refractivity contribution in [1.29, 1.82) is 0 Å². The molecule has 6 nitrogen and oxygen atoms in total. The van der Waals surface area contributed by atoms with Gasteiger partial charge in [0.1, 0.15) is 0 Å². The molecule has 2 rings (SSSR count). The van der Waals surface area contributed by atoms with Crippen LogP contribution >= 0.6 is 12.2 Å². The minimum absolute atomic E-state index is 0.160. The van der Waals surface area contributed by atoms with Crippen molar-refractivity contribution >= 4 is 12.2 Å². The molecule has 1 aliphatic rings. The molecule has 2 heterocycles. The summed E-state index contributed by atoms with van der Waals surface area (Å²) in [6.45, 7) is 5.23. The van der Waals surface area contributed by atoms with E-state index in [-0.39, 0.29) is 5.69 Å². The molecule has 0 radical (unpaired) electrons. The highest BCUT2D eigenvalue weighted by atomic mass is 32.1. The molecule has 0 amide bonds. The van der Waals surface area contributed by atoms with E-state index in [1.54, 1.807) is 4.57 Å². The Morgan fingerprint density at radius 2 is 2.00 bits per heavy atom. The van der Waals surface area contributed by atoms with Gasteiger partial charge in [0.25, 0.3) is 0 Å². The van der Waals surface area contributed by atoms with E-state index < -0.39 is 0 Å². The van der Waals surface area contributed by atoms with Gasteiger partial charge in [0.05, 0.1) is 13.2 Å². The summed E-state index contributed by atoms with van der Waals surface area (Å²) in [6.07, 6.45) is 0.926. The number of ether oxygens (including phenoxy) is 1. The van der Waals surface area contributed by atoms with Crippen LogP contribution in [0.2, 0.25) is 0 Å². The monoisotopic (exact) mass is 244 g/mol. The molecule has 0 spiro atoms. The molecule has 7 heteroatoms.